The van der Waals surface area contributed by atoms with Crippen molar-refractivity contribution in [1.29, 1.82) is 0 Å². The monoisotopic (exact) mass is 353 g/mol. The third-order valence-corrected chi connectivity index (χ3v) is 4.40. The van der Waals surface area contributed by atoms with Crippen LogP contribution in [0.3, 0.4) is 0 Å². The number of benzene rings is 1. The summed E-state index contributed by atoms with van der Waals surface area (Å²) >= 11 is 3.67. The molecular weight excluding hydrogens is 330 g/mol. The Balaban J connectivity index is 2.32. The van der Waals surface area contributed by atoms with E-state index >= 15 is 0 Å². The minimum absolute atomic E-state index is 0.0426. The molecule has 0 aromatic heterocycles. The van der Waals surface area contributed by atoms with Crippen LogP contribution >= 0.6 is 15.9 Å². The second kappa shape index (κ2) is 7.27. The lowest BCUT2D eigenvalue weighted by atomic mass is 10.1. The molecule has 1 unspecified atom stereocenters. The van der Waals surface area contributed by atoms with Crippen molar-refractivity contribution in [2.75, 3.05) is 29.9 Å². The van der Waals surface area contributed by atoms with Gasteiger partial charge in [0, 0.05) is 28.8 Å². The fourth-order valence-electron chi connectivity index (χ4n) is 2.72. The van der Waals surface area contributed by atoms with E-state index in [1.165, 1.54) is 0 Å². The van der Waals surface area contributed by atoms with Gasteiger partial charge in [-0.25, -0.2) is 0 Å². The highest BCUT2D eigenvalue weighted by atomic mass is 79.9. The lowest BCUT2D eigenvalue weighted by molar-refractivity contribution is -0.117. The van der Waals surface area contributed by atoms with E-state index in [1.54, 1.807) is 0 Å². The summed E-state index contributed by atoms with van der Waals surface area (Å²) in [5.41, 5.74) is 3.12. The average molecular weight is 354 g/mol. The summed E-state index contributed by atoms with van der Waals surface area (Å²) in [4.78, 5) is 14.4. The highest BCUT2D eigenvalue weighted by molar-refractivity contribution is 9.10. The molecule has 0 spiro atoms. The molecule has 116 valence electrons. The van der Waals surface area contributed by atoms with E-state index < -0.39 is 0 Å². The number of nitrogens with one attached hydrogen (secondary N) is 2. The van der Waals surface area contributed by atoms with E-state index in [4.69, 9.17) is 0 Å². The van der Waals surface area contributed by atoms with E-state index in [0.29, 0.717) is 0 Å². The van der Waals surface area contributed by atoms with Crippen LogP contribution in [0.5, 0.6) is 0 Å². The van der Waals surface area contributed by atoms with Crippen LogP contribution in [0.25, 0.3) is 0 Å². The number of hydrogen-bond donors (Lipinski definition) is 2. The molecule has 2 N–H and O–H groups in total. The van der Waals surface area contributed by atoms with Gasteiger partial charge in [-0.05, 0) is 54.4 Å². The van der Waals surface area contributed by atoms with Crippen LogP contribution in [-0.2, 0) is 4.79 Å². The first-order valence-corrected chi connectivity index (χ1v) is 8.54. The van der Waals surface area contributed by atoms with E-state index in [1.807, 2.05) is 0 Å². The first kappa shape index (κ1) is 16.3. The van der Waals surface area contributed by atoms with Crippen LogP contribution in [0.2, 0.25) is 0 Å². The maximum atomic E-state index is 12.1. The van der Waals surface area contributed by atoms with Crippen molar-refractivity contribution in [2.45, 2.75) is 39.7 Å². The molecular formula is C16H24BrN3O. The molecule has 1 heterocycles. The molecule has 21 heavy (non-hydrogen) atoms. The number of amides is 1. The number of halogens is 1. The van der Waals surface area contributed by atoms with Crippen molar-refractivity contribution in [2.24, 2.45) is 0 Å². The second-order valence-corrected chi connectivity index (χ2v) is 6.20. The zero-order valence-electron chi connectivity index (χ0n) is 13.0. The van der Waals surface area contributed by atoms with Gasteiger partial charge in [-0.2, -0.15) is 0 Å². The topological polar surface area (TPSA) is 44.4 Å². The van der Waals surface area contributed by atoms with Crippen LogP contribution in [-0.4, -0.2) is 25.5 Å². The Morgan fingerprint density at radius 3 is 2.67 bits per heavy atom. The van der Waals surface area contributed by atoms with Gasteiger partial charge in [0.05, 0.1) is 5.69 Å². The van der Waals surface area contributed by atoms with E-state index in [0.717, 1.165) is 53.9 Å². The quantitative estimate of drug-likeness (QED) is 0.785. The van der Waals surface area contributed by atoms with Crippen molar-refractivity contribution in [1.82, 2.24) is 5.32 Å². The molecule has 5 heteroatoms. The van der Waals surface area contributed by atoms with Crippen LogP contribution in [0.4, 0.5) is 11.4 Å². The van der Waals surface area contributed by atoms with Gasteiger partial charge in [0.25, 0.3) is 0 Å². The summed E-state index contributed by atoms with van der Waals surface area (Å²) < 4.78 is 1.05. The largest absolute Gasteiger partial charge is 0.371 e. The maximum absolute atomic E-state index is 12.1. The molecule has 1 aliphatic rings. The number of hydrogen-bond acceptors (Lipinski definition) is 3. The van der Waals surface area contributed by atoms with E-state index in [9.17, 15) is 4.79 Å². The second-order valence-electron chi connectivity index (χ2n) is 5.35. The third kappa shape index (κ3) is 3.40. The standard InChI is InChI=1S/C16H24BrN3O/c1-4-7-18-15-11-9-12(17)14(20(6-3)8-5-2)10-13(11)19-16(15)21/h9-10,15,18H,4-8H2,1-3H3,(H,19,21). The van der Waals surface area contributed by atoms with Crippen LogP contribution in [0.15, 0.2) is 16.6 Å². The highest BCUT2D eigenvalue weighted by Crippen LogP contribution is 2.39. The summed E-state index contributed by atoms with van der Waals surface area (Å²) in [6.45, 7) is 9.24. The lowest BCUT2D eigenvalue weighted by Crippen LogP contribution is -2.28. The number of fused-ring (bicyclic) bond motifs is 1. The molecule has 1 aromatic rings. The molecule has 1 aromatic carbocycles. The fourth-order valence-corrected chi connectivity index (χ4v) is 3.33. The third-order valence-electron chi connectivity index (χ3n) is 3.76. The molecule has 1 amide bonds. The normalized spacial score (nSPS) is 16.8. The van der Waals surface area contributed by atoms with Gasteiger partial charge in [0.1, 0.15) is 6.04 Å². The van der Waals surface area contributed by atoms with Crippen LogP contribution in [0, 0.1) is 0 Å². The Kier molecular flexibility index (Phi) is 5.65. The SMILES string of the molecule is CCCNC1C(=O)Nc2cc(N(CC)CCC)c(Br)cc21. The molecule has 1 aliphatic heterocycles. The van der Waals surface area contributed by atoms with Gasteiger partial charge < -0.3 is 15.5 Å². The first-order valence-electron chi connectivity index (χ1n) is 7.74. The van der Waals surface area contributed by atoms with Gasteiger partial charge >= 0.3 is 0 Å². The minimum Gasteiger partial charge on any atom is -0.371 e. The molecule has 0 radical (unpaired) electrons. The summed E-state index contributed by atoms with van der Waals surface area (Å²) in [5.74, 6) is 0.0426. The Morgan fingerprint density at radius 2 is 2.05 bits per heavy atom. The summed E-state index contributed by atoms with van der Waals surface area (Å²) in [6, 6.07) is 3.93. The van der Waals surface area contributed by atoms with Gasteiger partial charge in [0.15, 0.2) is 0 Å². The molecule has 0 bridgehead atoms. The lowest BCUT2D eigenvalue weighted by Gasteiger charge is -2.24. The van der Waals surface area contributed by atoms with Gasteiger partial charge in [-0.1, -0.05) is 13.8 Å². The van der Waals surface area contributed by atoms with Crippen molar-refractivity contribution >= 4 is 33.2 Å². The Morgan fingerprint density at radius 1 is 1.29 bits per heavy atom. The predicted octanol–water partition coefficient (Wildman–Crippen LogP) is 3.68. The first-order chi connectivity index (χ1) is 10.1. The van der Waals surface area contributed by atoms with E-state index in [2.05, 4.69) is 64.4 Å². The Bertz CT molecular complexity index is 518. The number of carbonyl (C=O) groups excluding carboxylic acids is 1. The molecule has 0 saturated heterocycles. The Labute approximate surface area is 135 Å². The number of anilines is 2. The van der Waals surface area contributed by atoms with E-state index in [-0.39, 0.29) is 11.9 Å². The van der Waals surface area contributed by atoms with Crippen molar-refractivity contribution in [3.05, 3.63) is 22.2 Å². The molecule has 2 rings (SSSR count). The van der Waals surface area contributed by atoms with Gasteiger partial charge in [0.2, 0.25) is 5.91 Å². The molecule has 0 aliphatic carbocycles. The van der Waals surface area contributed by atoms with Crippen molar-refractivity contribution in [3.8, 4) is 0 Å². The fraction of sp³-hybridized carbons (Fsp3) is 0.562. The molecule has 0 saturated carbocycles. The van der Waals surface area contributed by atoms with Crippen molar-refractivity contribution < 1.29 is 4.79 Å². The van der Waals surface area contributed by atoms with Gasteiger partial charge in [-0.3, -0.25) is 4.79 Å². The summed E-state index contributed by atoms with van der Waals surface area (Å²) in [5, 5.41) is 6.30. The minimum atomic E-state index is -0.230. The predicted molar refractivity (Wildman–Crippen MR) is 92.0 cm³/mol. The smallest absolute Gasteiger partial charge is 0.246 e. The summed E-state index contributed by atoms with van der Waals surface area (Å²) in [7, 11) is 0. The average Bonchev–Trinajstić information content (AvgIpc) is 2.77. The number of rotatable bonds is 7. The molecule has 4 nitrogen and oxygen atoms in total. The summed E-state index contributed by atoms with van der Waals surface area (Å²) in [6.07, 6.45) is 2.11. The van der Waals surface area contributed by atoms with Crippen molar-refractivity contribution in [3.63, 3.8) is 0 Å². The van der Waals surface area contributed by atoms with Crippen LogP contribution < -0.4 is 15.5 Å². The Hall–Kier alpha value is -1.07. The highest BCUT2D eigenvalue weighted by Gasteiger charge is 2.31. The van der Waals surface area contributed by atoms with Gasteiger partial charge in [-0.15, -0.1) is 0 Å². The maximum Gasteiger partial charge on any atom is 0.246 e. The zero-order valence-corrected chi connectivity index (χ0v) is 14.6. The zero-order chi connectivity index (χ0) is 15.4. The molecule has 1 atom stereocenters. The van der Waals surface area contributed by atoms with Crippen LogP contribution in [0.1, 0.15) is 45.2 Å². The molecule has 0 fully saturated rings. The number of carbonyl (C=O) groups is 1. The number of nitrogens with zero attached hydrogens (tertiary/aromatic N) is 1.